The Morgan fingerprint density at radius 1 is 0.411 bits per heavy atom. The summed E-state index contributed by atoms with van der Waals surface area (Å²) in [6.45, 7) is 1.49. The summed E-state index contributed by atoms with van der Waals surface area (Å²) in [6, 6.07) is -0.991. The fourth-order valence-corrected chi connectivity index (χ4v) is 11.0. The highest BCUT2D eigenvalue weighted by atomic mass is 16.8. The molecule has 0 radical (unpaired) electrons. The summed E-state index contributed by atoms with van der Waals surface area (Å²) in [5.74, 6) is -0.291. The maximum atomic E-state index is 13.3. The van der Waals surface area contributed by atoms with Crippen LogP contribution in [0.5, 0.6) is 0 Å². The normalized spacial score (nSPS) is 28.7. The molecule has 17 unspecified atom stereocenters. The number of amides is 1. The van der Waals surface area contributed by atoms with Gasteiger partial charge in [-0.3, -0.25) is 4.79 Å². The minimum absolute atomic E-state index is 0.232. The molecule has 0 saturated carbocycles. The Bertz CT molecular complexity index is 2010. The molecule has 90 heavy (non-hydrogen) atoms. The molecule has 17 atom stereocenters. The Hall–Kier alpha value is -3.29. The van der Waals surface area contributed by atoms with Gasteiger partial charge in [0.25, 0.3) is 0 Å². The van der Waals surface area contributed by atoms with E-state index in [0.717, 1.165) is 83.5 Å². The minimum atomic E-state index is -1.98. The second-order valence-electron chi connectivity index (χ2n) is 24.2. The number of hydrogen-bond donors (Lipinski definition) is 12. The molecule has 0 aliphatic carbocycles. The molecule has 518 valence electrons. The zero-order valence-corrected chi connectivity index (χ0v) is 54.6. The highest BCUT2D eigenvalue weighted by Gasteiger charge is 2.53. The number of allylic oxidation sites excluding steroid dienone is 15. The van der Waals surface area contributed by atoms with Gasteiger partial charge in [-0.25, -0.2) is 0 Å². The van der Waals surface area contributed by atoms with Crippen molar-refractivity contribution >= 4 is 5.91 Å². The molecule has 0 spiro atoms. The van der Waals surface area contributed by atoms with Crippen molar-refractivity contribution in [2.45, 2.75) is 317 Å². The van der Waals surface area contributed by atoms with Crippen molar-refractivity contribution in [2.75, 3.05) is 26.4 Å². The second kappa shape index (κ2) is 52.0. The Morgan fingerprint density at radius 3 is 1.24 bits per heavy atom. The van der Waals surface area contributed by atoms with Crippen LogP contribution in [0.25, 0.3) is 0 Å². The van der Waals surface area contributed by atoms with Crippen LogP contribution in [0.2, 0.25) is 0 Å². The van der Waals surface area contributed by atoms with Crippen LogP contribution >= 0.6 is 0 Å². The fraction of sp³-hybridized carbons (Fsp3) is 0.761. The Morgan fingerprint density at radius 2 is 0.778 bits per heavy atom. The first-order chi connectivity index (χ1) is 43.8. The molecule has 19 nitrogen and oxygen atoms in total. The van der Waals surface area contributed by atoms with Gasteiger partial charge in [0, 0.05) is 6.42 Å². The van der Waals surface area contributed by atoms with Gasteiger partial charge in [-0.2, -0.15) is 0 Å². The summed E-state index contributed by atoms with van der Waals surface area (Å²) in [5.41, 5.74) is 0. The van der Waals surface area contributed by atoms with Crippen molar-refractivity contribution in [3.63, 3.8) is 0 Å². The molecule has 3 heterocycles. The average molecular weight is 1280 g/mol. The van der Waals surface area contributed by atoms with Gasteiger partial charge < -0.3 is 89.9 Å². The van der Waals surface area contributed by atoms with Gasteiger partial charge in [0.1, 0.15) is 73.2 Å². The van der Waals surface area contributed by atoms with Crippen LogP contribution in [0, 0.1) is 0 Å². The summed E-state index contributed by atoms with van der Waals surface area (Å²) >= 11 is 0. The van der Waals surface area contributed by atoms with Crippen LogP contribution in [0.1, 0.15) is 213 Å². The number of aliphatic hydroxyl groups is 11. The molecule has 0 aromatic heterocycles. The van der Waals surface area contributed by atoms with E-state index >= 15 is 0 Å². The molecule has 3 saturated heterocycles. The van der Waals surface area contributed by atoms with Crippen LogP contribution < -0.4 is 5.32 Å². The Labute approximate surface area is 539 Å². The van der Waals surface area contributed by atoms with E-state index in [1.165, 1.54) is 96.3 Å². The number of carbonyl (C=O) groups excluding carboxylic acids is 1. The lowest BCUT2D eigenvalue weighted by molar-refractivity contribution is -0.379. The molecule has 3 aliphatic rings. The van der Waals surface area contributed by atoms with Gasteiger partial charge in [0.15, 0.2) is 18.9 Å². The Kier molecular flexibility index (Phi) is 46.8. The predicted octanol–water partition coefficient (Wildman–Crippen LogP) is 8.88. The maximum absolute atomic E-state index is 13.3. The lowest BCUT2D eigenvalue weighted by Crippen LogP contribution is -2.66. The molecule has 3 aliphatic heterocycles. The van der Waals surface area contributed by atoms with Crippen molar-refractivity contribution in [3.8, 4) is 0 Å². The van der Waals surface area contributed by atoms with Gasteiger partial charge in [-0.1, -0.05) is 227 Å². The highest BCUT2D eigenvalue weighted by molar-refractivity contribution is 5.76. The van der Waals surface area contributed by atoms with Crippen molar-refractivity contribution in [1.82, 2.24) is 5.32 Å². The molecule has 3 fully saturated rings. The molecule has 1 amide bonds. The minimum Gasteiger partial charge on any atom is -0.394 e. The molecule has 0 aromatic rings. The van der Waals surface area contributed by atoms with E-state index in [1.807, 2.05) is 6.08 Å². The van der Waals surface area contributed by atoms with Crippen molar-refractivity contribution in [2.24, 2.45) is 0 Å². The van der Waals surface area contributed by atoms with E-state index in [-0.39, 0.29) is 18.9 Å². The molecular formula is C71H121NO18. The van der Waals surface area contributed by atoms with Crippen LogP contribution in [0.4, 0.5) is 0 Å². The summed E-state index contributed by atoms with van der Waals surface area (Å²) < 4.78 is 34.2. The smallest absolute Gasteiger partial charge is 0.220 e. The lowest BCUT2D eigenvalue weighted by Gasteiger charge is -2.48. The molecule has 0 aromatic carbocycles. The number of aliphatic hydroxyl groups excluding tert-OH is 11. The van der Waals surface area contributed by atoms with Crippen LogP contribution in [-0.4, -0.2) is 193 Å². The van der Waals surface area contributed by atoms with Crippen molar-refractivity contribution in [1.29, 1.82) is 0 Å². The number of carbonyl (C=O) groups is 1. The van der Waals surface area contributed by atoms with E-state index in [0.29, 0.717) is 12.8 Å². The first kappa shape index (κ1) is 80.9. The maximum Gasteiger partial charge on any atom is 0.220 e. The van der Waals surface area contributed by atoms with Crippen LogP contribution in [0.15, 0.2) is 97.2 Å². The third-order valence-corrected chi connectivity index (χ3v) is 16.6. The Balaban J connectivity index is 1.29. The topological polar surface area (TPSA) is 307 Å². The first-order valence-electron chi connectivity index (χ1n) is 34.5. The summed E-state index contributed by atoms with van der Waals surface area (Å²) in [4.78, 5) is 13.3. The highest BCUT2D eigenvalue weighted by Crippen LogP contribution is 2.33. The zero-order chi connectivity index (χ0) is 65.4. The number of unbranched alkanes of at least 4 members (excludes halogenated alkanes) is 21. The third-order valence-electron chi connectivity index (χ3n) is 16.6. The summed E-state index contributed by atoms with van der Waals surface area (Å²) in [7, 11) is 0. The van der Waals surface area contributed by atoms with Gasteiger partial charge in [0.05, 0.1) is 38.6 Å². The summed E-state index contributed by atoms with van der Waals surface area (Å²) in [6.07, 6.45) is 41.7. The van der Waals surface area contributed by atoms with E-state index in [9.17, 15) is 61.0 Å². The van der Waals surface area contributed by atoms with Crippen molar-refractivity contribution < 1.29 is 89.4 Å². The molecule has 3 rings (SSSR count). The largest absolute Gasteiger partial charge is 0.394 e. The van der Waals surface area contributed by atoms with Crippen LogP contribution in [0.3, 0.4) is 0 Å². The average Bonchev–Trinajstić information content (AvgIpc) is 0.847. The lowest BCUT2D eigenvalue weighted by atomic mass is 9.96. The standard InChI is InChI=1S/C71H121NO18/c1-3-5-7-9-11-13-14-15-16-17-18-19-20-21-22-23-24-25-26-27-28-29-30-31-32-33-34-35-36-37-38-39-40-41-43-45-47-49-59(77)72-54(55(76)48-46-44-42-12-10-8-6-4-2)53-85-69-65(83)62(80)67(57(51-74)87-69)90-71-66(84)63(81)68(58(52-75)88-71)89-70-64(82)61(79)60(78)56(50-73)86-70/h5,7,10-13,15-16,18-19,21-22,24-25,46,48,54-58,60-71,73-76,78-84H,3-4,6,8-9,14,17,20,23,26-45,47,49-53H2,1-2H3,(H,72,77)/b7-5-,12-10+,13-11-,16-15-,19-18-,22-21-,25-24-,48-46+. The number of ether oxygens (including phenoxy) is 6. The second-order valence-corrected chi connectivity index (χ2v) is 24.2. The quantitative estimate of drug-likeness (QED) is 0.0200. The van der Waals surface area contributed by atoms with E-state index in [2.05, 4.69) is 104 Å². The van der Waals surface area contributed by atoms with Gasteiger partial charge in [-0.05, 0) is 77.0 Å². The van der Waals surface area contributed by atoms with Gasteiger partial charge >= 0.3 is 0 Å². The van der Waals surface area contributed by atoms with E-state index in [1.54, 1.807) is 6.08 Å². The molecular weight excluding hydrogens is 1150 g/mol. The van der Waals surface area contributed by atoms with Gasteiger partial charge in [0.2, 0.25) is 5.91 Å². The van der Waals surface area contributed by atoms with E-state index in [4.69, 9.17) is 28.4 Å². The monoisotopic (exact) mass is 1280 g/mol. The fourth-order valence-electron chi connectivity index (χ4n) is 11.0. The predicted molar refractivity (Wildman–Crippen MR) is 351 cm³/mol. The van der Waals surface area contributed by atoms with Gasteiger partial charge in [-0.15, -0.1) is 0 Å². The first-order valence-corrected chi connectivity index (χ1v) is 34.5. The number of rotatable bonds is 51. The zero-order valence-electron chi connectivity index (χ0n) is 54.6. The third kappa shape index (κ3) is 33.7. The summed E-state index contributed by atoms with van der Waals surface area (Å²) in [5, 5.41) is 120. The molecule has 19 heteroatoms. The number of hydrogen-bond acceptors (Lipinski definition) is 18. The van der Waals surface area contributed by atoms with Crippen molar-refractivity contribution in [3.05, 3.63) is 97.2 Å². The SMILES string of the molecule is CC/C=C\C/C=C\C/C=C\C/C=C\C/C=C\C/C=C\CCCCCCCCCCCCCCCCCCCCC(=O)NC(COC1OC(CO)C(OC2OC(CO)C(OC3OC(CO)C(O)C(O)C3O)C(O)C2O)C(O)C1O)C(O)/C=C/CC/C=C/CCCC. The van der Waals surface area contributed by atoms with E-state index < -0.39 is 124 Å². The molecule has 0 bridgehead atoms. The molecule has 12 N–H and O–H groups in total. The number of nitrogens with one attached hydrogen (secondary N) is 1. The van der Waals surface area contributed by atoms with Crippen LogP contribution in [-0.2, 0) is 33.2 Å².